The van der Waals surface area contributed by atoms with Gasteiger partial charge in [-0.25, -0.2) is 0 Å². The lowest BCUT2D eigenvalue weighted by Gasteiger charge is -2.35. The van der Waals surface area contributed by atoms with Gasteiger partial charge < -0.3 is 10.6 Å². The zero-order valence-electron chi connectivity index (χ0n) is 18.0. The van der Waals surface area contributed by atoms with Crippen molar-refractivity contribution < 1.29 is 9.59 Å². The standard InChI is InChI=1S/C23H36N4O2/c1-3-19-9-5-7-11-21(19)25-23(29)17-27-14-12-26(13-15-27)16-22(28)24-20-10-6-4-8-18(20)2/h5,7,9,11,18,20H,3-4,6,8,10,12-17H2,1-2H3,(H,24,28)(H,25,29)/t18-,20+/m0/s1. The monoisotopic (exact) mass is 400 g/mol. The number of hydrogen-bond acceptors (Lipinski definition) is 4. The second kappa shape index (κ2) is 10.7. The second-order valence-electron chi connectivity index (χ2n) is 8.55. The van der Waals surface area contributed by atoms with Crippen LogP contribution < -0.4 is 10.6 Å². The van der Waals surface area contributed by atoms with Crippen LogP contribution in [-0.4, -0.2) is 66.9 Å². The summed E-state index contributed by atoms with van der Waals surface area (Å²) in [5, 5.41) is 6.28. The van der Waals surface area contributed by atoms with Gasteiger partial charge in [-0.15, -0.1) is 0 Å². The van der Waals surface area contributed by atoms with Crippen molar-refractivity contribution in [3.8, 4) is 0 Å². The van der Waals surface area contributed by atoms with Crippen molar-refractivity contribution in [1.82, 2.24) is 15.1 Å². The van der Waals surface area contributed by atoms with E-state index < -0.39 is 0 Å². The van der Waals surface area contributed by atoms with Gasteiger partial charge in [-0.3, -0.25) is 19.4 Å². The first-order valence-corrected chi connectivity index (χ1v) is 11.2. The number of carbonyl (C=O) groups excluding carboxylic acids is 2. The third kappa shape index (κ3) is 6.54. The predicted molar refractivity (Wildman–Crippen MR) is 117 cm³/mol. The SMILES string of the molecule is CCc1ccccc1NC(=O)CN1CCN(CC(=O)N[C@@H]2CCCC[C@@H]2C)CC1. The van der Waals surface area contributed by atoms with E-state index in [1.54, 1.807) is 0 Å². The summed E-state index contributed by atoms with van der Waals surface area (Å²) >= 11 is 0. The maximum absolute atomic E-state index is 12.4. The van der Waals surface area contributed by atoms with Crippen molar-refractivity contribution in [3.05, 3.63) is 29.8 Å². The molecule has 6 heteroatoms. The average Bonchev–Trinajstić information content (AvgIpc) is 2.71. The first-order chi connectivity index (χ1) is 14.0. The molecular formula is C23H36N4O2. The van der Waals surface area contributed by atoms with Gasteiger partial charge in [0.1, 0.15) is 0 Å². The average molecular weight is 401 g/mol. The largest absolute Gasteiger partial charge is 0.352 e. The summed E-state index contributed by atoms with van der Waals surface area (Å²) in [4.78, 5) is 29.2. The summed E-state index contributed by atoms with van der Waals surface area (Å²) in [7, 11) is 0. The van der Waals surface area contributed by atoms with Gasteiger partial charge in [0.05, 0.1) is 13.1 Å². The summed E-state index contributed by atoms with van der Waals surface area (Å²) < 4.78 is 0. The number of nitrogens with one attached hydrogen (secondary N) is 2. The van der Waals surface area contributed by atoms with Gasteiger partial charge in [0.25, 0.3) is 0 Å². The van der Waals surface area contributed by atoms with Crippen molar-refractivity contribution in [1.29, 1.82) is 0 Å². The Balaban J connectivity index is 1.37. The minimum atomic E-state index is 0.0309. The fourth-order valence-electron chi connectivity index (χ4n) is 4.44. The third-order valence-corrected chi connectivity index (χ3v) is 6.33. The summed E-state index contributed by atoms with van der Waals surface area (Å²) in [5.74, 6) is 0.760. The topological polar surface area (TPSA) is 64.7 Å². The minimum Gasteiger partial charge on any atom is -0.352 e. The summed E-state index contributed by atoms with van der Waals surface area (Å²) in [5.41, 5.74) is 2.07. The van der Waals surface area contributed by atoms with Crippen molar-refractivity contribution in [2.45, 2.75) is 52.0 Å². The van der Waals surface area contributed by atoms with Gasteiger partial charge in [-0.05, 0) is 36.8 Å². The molecule has 0 bridgehead atoms. The molecule has 29 heavy (non-hydrogen) atoms. The van der Waals surface area contributed by atoms with E-state index in [0.717, 1.165) is 50.3 Å². The molecule has 2 N–H and O–H groups in total. The molecule has 1 heterocycles. The highest BCUT2D eigenvalue weighted by Crippen LogP contribution is 2.23. The molecule has 2 fully saturated rings. The van der Waals surface area contributed by atoms with Crippen molar-refractivity contribution in [2.75, 3.05) is 44.6 Å². The Bertz CT molecular complexity index is 685. The van der Waals surface area contributed by atoms with Gasteiger partial charge in [-0.1, -0.05) is 44.9 Å². The van der Waals surface area contributed by atoms with Crippen LogP contribution in [-0.2, 0) is 16.0 Å². The van der Waals surface area contributed by atoms with E-state index in [-0.39, 0.29) is 11.8 Å². The molecule has 2 atom stereocenters. The number of carbonyl (C=O) groups is 2. The lowest BCUT2D eigenvalue weighted by molar-refractivity contribution is -0.124. The predicted octanol–water partition coefficient (Wildman–Crippen LogP) is 2.50. The third-order valence-electron chi connectivity index (χ3n) is 6.33. The summed E-state index contributed by atoms with van der Waals surface area (Å²) in [6.07, 6.45) is 5.73. The van der Waals surface area contributed by atoms with E-state index in [1.165, 1.54) is 19.3 Å². The van der Waals surface area contributed by atoms with Gasteiger partial charge in [0.2, 0.25) is 11.8 Å². The molecule has 1 saturated heterocycles. The molecule has 3 rings (SSSR count). The molecule has 1 aliphatic carbocycles. The van der Waals surface area contributed by atoms with E-state index in [1.807, 2.05) is 24.3 Å². The molecule has 1 aromatic carbocycles. The number of piperazine rings is 1. The van der Waals surface area contributed by atoms with Gasteiger partial charge in [0.15, 0.2) is 0 Å². The molecule has 160 valence electrons. The quantitative estimate of drug-likeness (QED) is 0.738. The smallest absolute Gasteiger partial charge is 0.238 e. The Labute approximate surface area is 175 Å². The van der Waals surface area contributed by atoms with E-state index >= 15 is 0 Å². The van der Waals surface area contributed by atoms with Crippen LogP contribution in [0.4, 0.5) is 5.69 Å². The maximum atomic E-state index is 12.4. The van der Waals surface area contributed by atoms with Crippen molar-refractivity contribution in [2.24, 2.45) is 5.92 Å². The maximum Gasteiger partial charge on any atom is 0.238 e. The van der Waals surface area contributed by atoms with Gasteiger partial charge in [-0.2, -0.15) is 0 Å². The first kappa shape index (κ1) is 21.8. The molecule has 0 unspecified atom stereocenters. The Morgan fingerprint density at radius 1 is 0.966 bits per heavy atom. The van der Waals surface area contributed by atoms with Crippen LogP contribution in [0.1, 0.15) is 45.1 Å². The number of rotatable bonds is 7. The fourth-order valence-corrected chi connectivity index (χ4v) is 4.44. The van der Waals surface area contributed by atoms with Crippen LogP contribution in [0.2, 0.25) is 0 Å². The van der Waals surface area contributed by atoms with Gasteiger partial charge in [0, 0.05) is 37.9 Å². The van der Waals surface area contributed by atoms with Crippen molar-refractivity contribution in [3.63, 3.8) is 0 Å². The normalized spacial score (nSPS) is 23.5. The fraction of sp³-hybridized carbons (Fsp3) is 0.652. The number of anilines is 1. The van der Waals surface area contributed by atoms with E-state index in [4.69, 9.17) is 0 Å². The summed E-state index contributed by atoms with van der Waals surface area (Å²) in [6, 6.07) is 8.30. The van der Waals surface area contributed by atoms with Crippen LogP contribution in [0.5, 0.6) is 0 Å². The highest BCUT2D eigenvalue weighted by Gasteiger charge is 2.25. The molecule has 0 spiro atoms. The molecule has 0 radical (unpaired) electrons. The Morgan fingerprint density at radius 2 is 1.59 bits per heavy atom. The molecule has 1 aliphatic heterocycles. The Morgan fingerprint density at radius 3 is 2.24 bits per heavy atom. The molecule has 1 saturated carbocycles. The van der Waals surface area contributed by atoms with E-state index in [0.29, 0.717) is 25.0 Å². The molecule has 6 nitrogen and oxygen atoms in total. The highest BCUT2D eigenvalue weighted by atomic mass is 16.2. The zero-order valence-corrected chi connectivity index (χ0v) is 18.0. The van der Waals surface area contributed by atoms with Crippen LogP contribution in [0.15, 0.2) is 24.3 Å². The summed E-state index contributed by atoms with van der Waals surface area (Å²) in [6.45, 7) is 8.48. The number of nitrogens with zero attached hydrogens (tertiary/aromatic N) is 2. The molecule has 2 aliphatic rings. The van der Waals surface area contributed by atoms with Crippen LogP contribution in [0, 0.1) is 5.92 Å². The Kier molecular flexibility index (Phi) is 8.07. The number of amides is 2. The number of hydrogen-bond donors (Lipinski definition) is 2. The minimum absolute atomic E-state index is 0.0309. The van der Waals surface area contributed by atoms with Gasteiger partial charge >= 0.3 is 0 Å². The number of para-hydroxylation sites is 1. The molecule has 2 amide bonds. The highest BCUT2D eigenvalue weighted by molar-refractivity contribution is 5.93. The first-order valence-electron chi connectivity index (χ1n) is 11.2. The van der Waals surface area contributed by atoms with E-state index in [2.05, 4.69) is 34.3 Å². The number of benzene rings is 1. The second-order valence-corrected chi connectivity index (χ2v) is 8.55. The molecular weight excluding hydrogens is 364 g/mol. The molecule has 1 aromatic rings. The van der Waals surface area contributed by atoms with Crippen LogP contribution >= 0.6 is 0 Å². The zero-order chi connectivity index (χ0) is 20.6. The van der Waals surface area contributed by atoms with Crippen LogP contribution in [0.25, 0.3) is 0 Å². The number of aryl methyl sites for hydroxylation is 1. The molecule has 0 aromatic heterocycles. The lowest BCUT2D eigenvalue weighted by atomic mass is 9.86. The Hall–Kier alpha value is -1.92. The van der Waals surface area contributed by atoms with E-state index in [9.17, 15) is 9.59 Å². The lowest BCUT2D eigenvalue weighted by Crippen LogP contribution is -2.52. The van der Waals surface area contributed by atoms with Crippen molar-refractivity contribution >= 4 is 17.5 Å². The van der Waals surface area contributed by atoms with Crippen LogP contribution in [0.3, 0.4) is 0 Å².